The molecule has 0 unspecified atom stereocenters. The number of pyridine rings is 1. The molecular formula is C15H20N2OS2. The summed E-state index contributed by atoms with van der Waals surface area (Å²) in [7, 11) is 0. The zero-order valence-corrected chi connectivity index (χ0v) is 13.8. The maximum atomic E-state index is 12.1. The van der Waals surface area contributed by atoms with E-state index in [2.05, 4.69) is 21.8 Å². The Morgan fingerprint density at radius 1 is 1.25 bits per heavy atom. The summed E-state index contributed by atoms with van der Waals surface area (Å²) in [5.41, 5.74) is 0.980. The van der Waals surface area contributed by atoms with Crippen LogP contribution in [0.25, 0.3) is 10.6 Å². The van der Waals surface area contributed by atoms with Gasteiger partial charge in [-0.15, -0.1) is 16.1 Å². The maximum absolute atomic E-state index is 12.1. The number of aromatic nitrogens is 1. The Morgan fingerprint density at radius 2 is 2.00 bits per heavy atom. The highest BCUT2D eigenvalue weighted by atomic mass is 32.2. The Balaban J connectivity index is 2.09. The monoisotopic (exact) mass is 308 g/mol. The highest BCUT2D eigenvalue weighted by Gasteiger charge is 2.28. The van der Waals surface area contributed by atoms with Crippen LogP contribution in [0.4, 0.5) is 0 Å². The van der Waals surface area contributed by atoms with Crippen LogP contribution in [0.1, 0.15) is 38.6 Å². The summed E-state index contributed by atoms with van der Waals surface area (Å²) in [4.78, 5) is 6.66. The first-order valence-corrected chi connectivity index (χ1v) is 8.54. The minimum absolute atomic E-state index is 0.0671. The second-order valence-electron chi connectivity index (χ2n) is 5.64. The third-order valence-electron chi connectivity index (χ3n) is 2.81. The Morgan fingerprint density at radius 3 is 2.60 bits per heavy atom. The second-order valence-corrected chi connectivity index (χ2v) is 8.75. The fourth-order valence-electron chi connectivity index (χ4n) is 1.63. The van der Waals surface area contributed by atoms with E-state index in [0.717, 1.165) is 10.6 Å². The summed E-state index contributed by atoms with van der Waals surface area (Å²) in [6.45, 7) is 7.95. The topological polar surface area (TPSA) is 48.0 Å². The third kappa shape index (κ3) is 3.82. The van der Waals surface area contributed by atoms with Crippen molar-refractivity contribution in [1.82, 2.24) is 9.71 Å². The molecule has 0 aliphatic carbocycles. The Labute approximate surface area is 127 Å². The first-order chi connectivity index (χ1) is 9.38. The van der Waals surface area contributed by atoms with Crippen LogP contribution in [0, 0.1) is 0 Å². The van der Waals surface area contributed by atoms with Gasteiger partial charge in [0, 0.05) is 22.4 Å². The third-order valence-corrected chi connectivity index (χ3v) is 5.78. The second kappa shape index (κ2) is 6.26. The zero-order chi connectivity index (χ0) is 14.8. The van der Waals surface area contributed by atoms with Gasteiger partial charge in [0.1, 0.15) is 4.75 Å². The lowest BCUT2D eigenvalue weighted by Crippen LogP contribution is -2.40. The van der Waals surface area contributed by atoms with E-state index in [1.54, 1.807) is 17.5 Å². The van der Waals surface area contributed by atoms with Crippen LogP contribution in [0.5, 0.6) is 0 Å². The molecule has 2 heterocycles. The summed E-state index contributed by atoms with van der Waals surface area (Å²) >= 11 is 0.625. The highest BCUT2D eigenvalue weighted by molar-refractivity contribution is 7.90. The Kier molecular flexibility index (Phi) is 4.86. The highest BCUT2D eigenvalue weighted by Crippen LogP contribution is 2.31. The molecule has 3 nitrogen and oxygen atoms in total. The van der Waals surface area contributed by atoms with Gasteiger partial charge in [0.2, 0.25) is 0 Å². The van der Waals surface area contributed by atoms with Crippen molar-refractivity contribution in [2.75, 3.05) is 0 Å². The molecule has 0 radical (unpaired) electrons. The minimum atomic E-state index is -1.06. The van der Waals surface area contributed by atoms with Crippen molar-refractivity contribution in [3.05, 3.63) is 41.4 Å². The van der Waals surface area contributed by atoms with Crippen LogP contribution in [0.3, 0.4) is 0 Å². The predicted molar refractivity (Wildman–Crippen MR) is 87.0 cm³/mol. The molecule has 0 fully saturated rings. The molecule has 1 N–H and O–H groups in total. The van der Waals surface area contributed by atoms with Crippen LogP contribution in [0.2, 0.25) is 0 Å². The number of hydrogen-bond acceptors (Lipinski definition) is 4. The molecule has 2 atom stereocenters. The van der Waals surface area contributed by atoms with E-state index in [0.29, 0.717) is 0 Å². The molecule has 0 aliphatic rings. The molecule has 0 aliphatic heterocycles. The summed E-state index contributed by atoms with van der Waals surface area (Å²) in [6.07, 6.45) is 1.80. The molecule has 20 heavy (non-hydrogen) atoms. The summed E-state index contributed by atoms with van der Waals surface area (Å²) < 4.78 is 15.0. The predicted octanol–water partition coefficient (Wildman–Crippen LogP) is 3.92. The number of nitrogens with zero attached hydrogens (tertiary/aromatic N) is 1. The quantitative estimate of drug-likeness (QED) is 0.871. The van der Waals surface area contributed by atoms with Crippen molar-refractivity contribution >= 4 is 22.7 Å². The molecule has 108 valence electrons. The van der Waals surface area contributed by atoms with E-state index in [1.807, 2.05) is 45.9 Å². The molecule has 0 spiro atoms. The lowest BCUT2D eigenvalue weighted by molar-refractivity contribution is 0.532. The van der Waals surface area contributed by atoms with E-state index in [4.69, 9.17) is 0 Å². The molecule has 0 saturated carbocycles. The molecular weight excluding hydrogens is 288 g/mol. The van der Waals surface area contributed by atoms with Crippen molar-refractivity contribution in [2.45, 2.75) is 38.5 Å². The zero-order valence-electron chi connectivity index (χ0n) is 12.2. The average molecular weight is 308 g/mol. The number of hydrogen-bond donors (Lipinski definition) is 1. The largest absolute Gasteiger partial charge is 0.598 e. The van der Waals surface area contributed by atoms with Crippen molar-refractivity contribution in [2.24, 2.45) is 0 Å². The van der Waals surface area contributed by atoms with Gasteiger partial charge in [-0.05, 0) is 52.0 Å². The van der Waals surface area contributed by atoms with E-state index >= 15 is 0 Å². The fourth-order valence-corrected chi connectivity index (χ4v) is 3.49. The molecule has 2 rings (SSSR count). The van der Waals surface area contributed by atoms with Crippen LogP contribution >= 0.6 is 11.3 Å². The Bertz CT molecular complexity index is 549. The number of nitrogens with one attached hydrogen (secondary N) is 1. The molecule has 0 aromatic carbocycles. The first-order valence-electron chi connectivity index (χ1n) is 6.57. The van der Waals surface area contributed by atoms with Crippen molar-refractivity contribution in [3.8, 4) is 10.6 Å². The van der Waals surface area contributed by atoms with Gasteiger partial charge in [-0.3, -0.25) is 4.98 Å². The van der Waals surface area contributed by atoms with E-state index in [1.165, 1.54) is 4.88 Å². The summed E-state index contributed by atoms with van der Waals surface area (Å²) in [5, 5.41) is 0. The lowest BCUT2D eigenvalue weighted by Gasteiger charge is -2.26. The van der Waals surface area contributed by atoms with Gasteiger partial charge >= 0.3 is 0 Å². The van der Waals surface area contributed by atoms with E-state index in [-0.39, 0.29) is 10.8 Å². The molecule has 2 aromatic heterocycles. The molecule has 5 heteroatoms. The van der Waals surface area contributed by atoms with Gasteiger partial charge in [-0.2, -0.15) is 0 Å². The molecule has 0 bridgehead atoms. The van der Waals surface area contributed by atoms with E-state index in [9.17, 15) is 4.55 Å². The SMILES string of the molecule is C[C@H](N[S@+]([O-])C(C)(C)C)c1ccc(-c2ccccn2)s1. The van der Waals surface area contributed by atoms with Crippen LogP contribution < -0.4 is 4.72 Å². The van der Waals surface area contributed by atoms with Crippen molar-refractivity contribution in [1.29, 1.82) is 0 Å². The summed E-state index contributed by atoms with van der Waals surface area (Å²) in [5.74, 6) is 0. The minimum Gasteiger partial charge on any atom is -0.598 e. The van der Waals surface area contributed by atoms with Gasteiger partial charge in [0.25, 0.3) is 0 Å². The first kappa shape index (κ1) is 15.5. The standard InChI is InChI=1S/C15H20N2OS2/c1-11(17-20(18)15(2,3)4)13-8-9-14(19-13)12-7-5-6-10-16-12/h5-11,17H,1-4H3/t11-,20+/m0/s1. The number of rotatable bonds is 4. The Hall–Kier alpha value is -0.880. The molecule has 2 aromatic rings. The maximum Gasteiger partial charge on any atom is 0.136 e. The van der Waals surface area contributed by atoms with Gasteiger partial charge in [-0.25, -0.2) is 0 Å². The molecule has 0 amide bonds. The molecule has 0 saturated heterocycles. The van der Waals surface area contributed by atoms with Crippen molar-refractivity contribution in [3.63, 3.8) is 0 Å². The van der Waals surface area contributed by atoms with Crippen LogP contribution in [0.15, 0.2) is 36.5 Å². The fraction of sp³-hybridized carbons (Fsp3) is 0.400. The van der Waals surface area contributed by atoms with Gasteiger partial charge < -0.3 is 4.55 Å². The van der Waals surface area contributed by atoms with Gasteiger partial charge in [0.05, 0.1) is 16.6 Å². The van der Waals surface area contributed by atoms with Gasteiger partial charge in [0.15, 0.2) is 0 Å². The normalized spacial score (nSPS) is 15.1. The average Bonchev–Trinajstić information content (AvgIpc) is 2.88. The smallest absolute Gasteiger partial charge is 0.136 e. The van der Waals surface area contributed by atoms with Crippen molar-refractivity contribution < 1.29 is 4.55 Å². The number of thiophene rings is 1. The van der Waals surface area contributed by atoms with Crippen LogP contribution in [-0.2, 0) is 11.4 Å². The van der Waals surface area contributed by atoms with Gasteiger partial charge in [-0.1, -0.05) is 6.07 Å². The van der Waals surface area contributed by atoms with E-state index < -0.39 is 11.4 Å². The lowest BCUT2D eigenvalue weighted by atomic mass is 10.2. The van der Waals surface area contributed by atoms with Crippen LogP contribution in [-0.4, -0.2) is 14.3 Å². The summed E-state index contributed by atoms with van der Waals surface area (Å²) in [6, 6.07) is 10.1.